The van der Waals surface area contributed by atoms with Crippen LogP contribution in [0.5, 0.6) is 0 Å². The number of nitrogens with zero attached hydrogens (tertiary/aromatic N) is 2. The largest absolute Gasteiger partial charge is 0.337 e. The van der Waals surface area contributed by atoms with E-state index in [1.807, 2.05) is 105 Å². The van der Waals surface area contributed by atoms with Gasteiger partial charge in [-0.2, -0.15) is 0 Å². The molecule has 4 rings (SSSR count). The van der Waals surface area contributed by atoms with Gasteiger partial charge in [-0.05, 0) is 74.2 Å². The Bertz CT molecular complexity index is 1190. The lowest BCUT2D eigenvalue weighted by Gasteiger charge is -2.25. The zero-order valence-electron chi connectivity index (χ0n) is 18.3. The van der Waals surface area contributed by atoms with Gasteiger partial charge in [0.1, 0.15) is 5.70 Å². The minimum absolute atomic E-state index is 0.289. The van der Waals surface area contributed by atoms with Crippen LogP contribution in [-0.4, -0.2) is 18.4 Å². The Hall–Kier alpha value is -3.66. The molecule has 1 heterocycles. The predicted molar refractivity (Wildman–Crippen MR) is 126 cm³/mol. The van der Waals surface area contributed by atoms with Crippen LogP contribution in [-0.2, 0) is 9.59 Å². The lowest BCUT2D eigenvalue weighted by Crippen LogP contribution is -2.35. The van der Waals surface area contributed by atoms with Gasteiger partial charge in [-0.25, -0.2) is 4.90 Å². The Balaban J connectivity index is 1.93. The smallest absolute Gasteiger partial charge is 0.282 e. The zero-order valence-corrected chi connectivity index (χ0v) is 18.3. The van der Waals surface area contributed by atoms with Crippen molar-refractivity contribution in [1.29, 1.82) is 0 Å². The van der Waals surface area contributed by atoms with Gasteiger partial charge in [0.15, 0.2) is 0 Å². The van der Waals surface area contributed by atoms with E-state index >= 15 is 0 Å². The maximum Gasteiger partial charge on any atom is 0.282 e. The molecule has 4 heteroatoms. The highest BCUT2D eigenvalue weighted by Gasteiger charge is 2.42. The van der Waals surface area contributed by atoms with Crippen molar-refractivity contribution >= 4 is 28.8 Å². The van der Waals surface area contributed by atoms with Crippen LogP contribution in [0.1, 0.15) is 29.2 Å². The molecule has 156 valence electrons. The van der Waals surface area contributed by atoms with Crippen molar-refractivity contribution < 1.29 is 9.59 Å². The van der Waals surface area contributed by atoms with Crippen molar-refractivity contribution in [3.63, 3.8) is 0 Å². The van der Waals surface area contributed by atoms with Gasteiger partial charge in [0.25, 0.3) is 11.8 Å². The number of hydrogen-bond donors (Lipinski definition) is 0. The minimum Gasteiger partial charge on any atom is -0.337 e. The van der Waals surface area contributed by atoms with Gasteiger partial charge in [-0.3, -0.25) is 9.59 Å². The van der Waals surface area contributed by atoms with E-state index in [4.69, 9.17) is 0 Å². The Kier molecular flexibility index (Phi) is 5.47. The molecule has 31 heavy (non-hydrogen) atoms. The molecule has 2 amide bonds. The van der Waals surface area contributed by atoms with Crippen molar-refractivity contribution in [1.82, 2.24) is 0 Å². The molecule has 0 aliphatic carbocycles. The Morgan fingerprint density at radius 3 is 2.16 bits per heavy atom. The van der Waals surface area contributed by atoms with Crippen LogP contribution in [0.15, 0.2) is 78.5 Å². The van der Waals surface area contributed by atoms with E-state index < -0.39 is 0 Å². The summed E-state index contributed by atoms with van der Waals surface area (Å²) in [5.41, 5.74) is 6.33. The van der Waals surface area contributed by atoms with Crippen molar-refractivity contribution in [3.05, 3.63) is 101 Å². The molecule has 1 aliphatic rings. The molecule has 0 fully saturated rings. The van der Waals surface area contributed by atoms with Crippen LogP contribution in [0.25, 0.3) is 5.57 Å². The maximum atomic E-state index is 13.7. The van der Waals surface area contributed by atoms with Crippen molar-refractivity contribution in [2.24, 2.45) is 0 Å². The van der Waals surface area contributed by atoms with Crippen molar-refractivity contribution in [2.75, 3.05) is 16.3 Å². The fraction of sp³-hybridized carbons (Fsp3) is 0.185. The van der Waals surface area contributed by atoms with Crippen LogP contribution in [0.3, 0.4) is 0 Å². The lowest BCUT2D eigenvalue weighted by molar-refractivity contribution is -0.120. The van der Waals surface area contributed by atoms with E-state index in [-0.39, 0.29) is 11.8 Å². The monoisotopic (exact) mass is 410 g/mol. The third-order valence-electron chi connectivity index (χ3n) is 5.77. The fourth-order valence-corrected chi connectivity index (χ4v) is 4.00. The van der Waals surface area contributed by atoms with E-state index in [0.717, 1.165) is 27.9 Å². The predicted octanol–water partition coefficient (Wildman–Crippen LogP) is 5.42. The number of carbonyl (C=O) groups is 2. The quantitative estimate of drug-likeness (QED) is 0.527. The number of hydrogen-bond acceptors (Lipinski definition) is 3. The molecule has 0 spiro atoms. The van der Waals surface area contributed by atoms with Crippen LogP contribution in [0, 0.1) is 20.8 Å². The molecule has 0 N–H and O–H groups in total. The van der Waals surface area contributed by atoms with Crippen molar-refractivity contribution in [3.8, 4) is 0 Å². The lowest BCUT2D eigenvalue weighted by atomic mass is 9.99. The Labute approximate surface area is 183 Å². The first-order valence-corrected chi connectivity index (χ1v) is 10.5. The highest BCUT2D eigenvalue weighted by molar-refractivity contribution is 6.46. The SMILES string of the molecule is CCN(C1=C(c2ccc(C)c(C)c2)C(=O)N(c2cccc(C)c2)C1=O)c1ccccc1. The van der Waals surface area contributed by atoms with Gasteiger partial charge in [0.2, 0.25) is 0 Å². The molecule has 0 aromatic heterocycles. The molecule has 3 aromatic rings. The second-order valence-electron chi connectivity index (χ2n) is 7.89. The summed E-state index contributed by atoms with van der Waals surface area (Å²) in [5, 5.41) is 0. The number of carbonyl (C=O) groups excluding carboxylic acids is 2. The van der Waals surface area contributed by atoms with Crippen LogP contribution < -0.4 is 9.80 Å². The second-order valence-corrected chi connectivity index (χ2v) is 7.89. The number of para-hydroxylation sites is 1. The normalized spacial score (nSPS) is 13.9. The third kappa shape index (κ3) is 3.66. The third-order valence-corrected chi connectivity index (χ3v) is 5.77. The Morgan fingerprint density at radius 2 is 1.52 bits per heavy atom. The number of aryl methyl sites for hydroxylation is 3. The van der Waals surface area contributed by atoms with Crippen LogP contribution >= 0.6 is 0 Å². The molecule has 0 bridgehead atoms. The number of likely N-dealkylation sites (N-methyl/N-ethyl adjacent to an activating group) is 1. The highest BCUT2D eigenvalue weighted by Crippen LogP contribution is 2.37. The molecule has 0 atom stereocenters. The Morgan fingerprint density at radius 1 is 0.774 bits per heavy atom. The van der Waals surface area contributed by atoms with E-state index in [0.29, 0.717) is 23.5 Å². The summed E-state index contributed by atoms with van der Waals surface area (Å²) < 4.78 is 0. The summed E-state index contributed by atoms with van der Waals surface area (Å²) in [4.78, 5) is 30.7. The van der Waals surface area contributed by atoms with E-state index in [2.05, 4.69) is 0 Å². The van der Waals surface area contributed by atoms with Gasteiger partial charge in [0, 0.05) is 12.2 Å². The summed E-state index contributed by atoms with van der Waals surface area (Å²) in [5.74, 6) is -0.585. The standard InChI is InChI=1S/C27H26N2O2/c1-5-28(22-11-7-6-8-12-22)25-24(21-15-14-19(3)20(4)17-21)26(30)29(27(25)31)23-13-9-10-18(2)16-23/h6-17H,5H2,1-4H3. The average Bonchev–Trinajstić information content (AvgIpc) is 3.02. The first-order valence-electron chi connectivity index (χ1n) is 10.5. The van der Waals surface area contributed by atoms with Crippen LogP contribution in [0.2, 0.25) is 0 Å². The summed E-state index contributed by atoms with van der Waals surface area (Å²) in [7, 11) is 0. The highest BCUT2D eigenvalue weighted by atomic mass is 16.2. The molecule has 1 aliphatic heterocycles. The summed E-state index contributed by atoms with van der Waals surface area (Å²) in [6.07, 6.45) is 0. The summed E-state index contributed by atoms with van der Waals surface area (Å²) in [6, 6.07) is 23.2. The number of benzene rings is 3. The molecule has 0 saturated heterocycles. The minimum atomic E-state index is -0.297. The van der Waals surface area contributed by atoms with Gasteiger partial charge in [-0.15, -0.1) is 0 Å². The van der Waals surface area contributed by atoms with E-state index in [1.165, 1.54) is 4.90 Å². The topological polar surface area (TPSA) is 40.6 Å². The number of rotatable bonds is 5. The van der Waals surface area contributed by atoms with Gasteiger partial charge < -0.3 is 4.90 Å². The van der Waals surface area contributed by atoms with Crippen molar-refractivity contribution in [2.45, 2.75) is 27.7 Å². The zero-order chi connectivity index (χ0) is 22.1. The first kappa shape index (κ1) is 20.6. The van der Waals surface area contributed by atoms with Crippen LogP contribution in [0.4, 0.5) is 11.4 Å². The average molecular weight is 411 g/mol. The molecule has 0 radical (unpaired) electrons. The summed E-state index contributed by atoms with van der Waals surface area (Å²) in [6.45, 7) is 8.57. The number of anilines is 2. The van der Waals surface area contributed by atoms with Gasteiger partial charge in [0.05, 0.1) is 11.3 Å². The summed E-state index contributed by atoms with van der Waals surface area (Å²) >= 11 is 0. The molecule has 4 nitrogen and oxygen atoms in total. The molecular weight excluding hydrogens is 384 g/mol. The maximum absolute atomic E-state index is 13.7. The molecule has 0 saturated carbocycles. The van der Waals surface area contributed by atoms with E-state index in [1.54, 1.807) is 0 Å². The first-order chi connectivity index (χ1) is 14.9. The fourth-order valence-electron chi connectivity index (χ4n) is 4.00. The molecular formula is C27H26N2O2. The second kappa shape index (κ2) is 8.23. The van der Waals surface area contributed by atoms with Gasteiger partial charge in [-0.1, -0.05) is 48.5 Å². The molecule has 3 aromatic carbocycles. The number of amides is 2. The molecule has 0 unspecified atom stereocenters. The number of imide groups is 1. The van der Waals surface area contributed by atoms with E-state index in [9.17, 15) is 9.59 Å². The van der Waals surface area contributed by atoms with Gasteiger partial charge >= 0.3 is 0 Å².